The van der Waals surface area contributed by atoms with Crippen LogP contribution in [0.15, 0.2) is 18.2 Å². The molecule has 0 saturated heterocycles. The maximum Gasteiger partial charge on any atom is 0.573 e. The summed E-state index contributed by atoms with van der Waals surface area (Å²) in [6, 6.07) is 4.16. The van der Waals surface area contributed by atoms with Crippen molar-refractivity contribution >= 4 is 11.0 Å². The van der Waals surface area contributed by atoms with Crippen LogP contribution >= 0.6 is 0 Å². The predicted molar refractivity (Wildman–Crippen MR) is 82.9 cm³/mol. The molecule has 8 heteroatoms. The van der Waals surface area contributed by atoms with Crippen LogP contribution in [0.4, 0.5) is 13.2 Å². The van der Waals surface area contributed by atoms with E-state index in [9.17, 15) is 13.2 Å². The van der Waals surface area contributed by atoms with Crippen LogP contribution in [0, 0.1) is 0 Å². The highest BCUT2D eigenvalue weighted by atomic mass is 19.4. The second kappa shape index (κ2) is 8.34. The first-order chi connectivity index (χ1) is 11.4. The van der Waals surface area contributed by atoms with Gasteiger partial charge in [-0.25, -0.2) is 4.98 Å². The monoisotopic (exact) mass is 346 g/mol. The van der Waals surface area contributed by atoms with Crippen LogP contribution in [0.25, 0.3) is 11.0 Å². The molecule has 0 unspecified atom stereocenters. The summed E-state index contributed by atoms with van der Waals surface area (Å²) in [6.45, 7) is 1.20. The van der Waals surface area contributed by atoms with Gasteiger partial charge >= 0.3 is 6.36 Å². The second-order valence-corrected chi connectivity index (χ2v) is 5.41. The van der Waals surface area contributed by atoms with Gasteiger partial charge in [-0.1, -0.05) is 6.42 Å². The Morgan fingerprint density at radius 3 is 2.67 bits per heavy atom. The summed E-state index contributed by atoms with van der Waals surface area (Å²) in [5.41, 5.74) is 1.21. The normalized spacial score (nSPS) is 12.0. The molecule has 1 aromatic heterocycles. The number of nitrogens with zero attached hydrogens (tertiary/aromatic N) is 2. The van der Waals surface area contributed by atoms with Gasteiger partial charge in [-0.3, -0.25) is 0 Å². The van der Waals surface area contributed by atoms with Crippen LogP contribution in [0.5, 0.6) is 5.75 Å². The highest BCUT2D eigenvalue weighted by Crippen LogP contribution is 2.27. The number of halogens is 3. The first-order valence-electron chi connectivity index (χ1n) is 7.79. The van der Waals surface area contributed by atoms with Crippen molar-refractivity contribution in [2.75, 3.05) is 20.3 Å². The maximum atomic E-state index is 12.3. The molecule has 5 nitrogen and oxygen atoms in total. The average molecular weight is 346 g/mol. The smallest absolute Gasteiger partial charge is 0.406 e. The van der Waals surface area contributed by atoms with Gasteiger partial charge in [-0.05, 0) is 25.0 Å². The molecule has 0 fully saturated rings. The SMILES string of the molecule is COCCn1c(CCCCCO)nc2cc(OC(F)(F)F)ccc21. The number of ether oxygens (including phenoxy) is 2. The first kappa shape index (κ1) is 18.5. The van der Waals surface area contributed by atoms with Crippen molar-refractivity contribution < 1.29 is 27.8 Å². The lowest BCUT2D eigenvalue weighted by Gasteiger charge is -2.10. The number of fused-ring (bicyclic) bond motifs is 1. The van der Waals surface area contributed by atoms with Gasteiger partial charge in [0.15, 0.2) is 0 Å². The van der Waals surface area contributed by atoms with E-state index in [2.05, 4.69) is 9.72 Å². The van der Waals surface area contributed by atoms with Gasteiger partial charge in [0.05, 0.1) is 17.6 Å². The van der Waals surface area contributed by atoms with Crippen molar-refractivity contribution in [1.82, 2.24) is 9.55 Å². The van der Waals surface area contributed by atoms with E-state index in [4.69, 9.17) is 9.84 Å². The molecule has 2 rings (SSSR count). The number of methoxy groups -OCH3 is 1. The molecule has 1 aromatic carbocycles. The van der Waals surface area contributed by atoms with E-state index < -0.39 is 6.36 Å². The van der Waals surface area contributed by atoms with E-state index in [0.717, 1.165) is 30.6 Å². The molecule has 0 aliphatic carbocycles. The zero-order chi connectivity index (χ0) is 17.6. The lowest BCUT2D eigenvalue weighted by Crippen LogP contribution is -2.17. The lowest BCUT2D eigenvalue weighted by molar-refractivity contribution is -0.274. The van der Waals surface area contributed by atoms with Crippen molar-refractivity contribution in [3.63, 3.8) is 0 Å². The summed E-state index contributed by atoms with van der Waals surface area (Å²) < 4.78 is 48.0. The standard InChI is InChI=1S/C16H21F3N2O3/c1-23-10-8-21-14-7-6-12(24-16(17,18)19)11-13(14)20-15(21)5-3-2-4-9-22/h6-7,11,22H,2-5,8-10H2,1H3. The van der Waals surface area contributed by atoms with Crippen LogP contribution in [0.1, 0.15) is 25.1 Å². The number of hydrogen-bond acceptors (Lipinski definition) is 4. The number of aryl methyl sites for hydroxylation is 1. The lowest BCUT2D eigenvalue weighted by atomic mass is 10.2. The molecular formula is C16H21F3N2O3. The van der Waals surface area contributed by atoms with Crippen LogP contribution in [0.2, 0.25) is 0 Å². The quantitative estimate of drug-likeness (QED) is 0.708. The Hall–Kier alpha value is -1.80. The molecule has 1 heterocycles. The van der Waals surface area contributed by atoms with Gasteiger partial charge in [-0.2, -0.15) is 0 Å². The predicted octanol–water partition coefficient (Wildman–Crippen LogP) is 3.29. The third kappa shape index (κ3) is 5.10. The molecule has 0 aliphatic heterocycles. The third-order valence-corrected chi connectivity index (χ3v) is 3.61. The van der Waals surface area contributed by atoms with Gasteiger partial charge in [0.25, 0.3) is 0 Å². The molecule has 134 valence electrons. The minimum Gasteiger partial charge on any atom is -0.406 e. The van der Waals surface area contributed by atoms with Crippen molar-refractivity contribution in [3.05, 3.63) is 24.0 Å². The molecule has 0 saturated carbocycles. The molecule has 0 radical (unpaired) electrons. The highest BCUT2D eigenvalue weighted by Gasteiger charge is 2.31. The Morgan fingerprint density at radius 1 is 1.21 bits per heavy atom. The molecule has 0 amide bonds. The molecule has 0 aliphatic rings. The molecular weight excluding hydrogens is 325 g/mol. The number of aliphatic hydroxyl groups is 1. The minimum absolute atomic E-state index is 0.151. The Kier molecular flexibility index (Phi) is 6.44. The van der Waals surface area contributed by atoms with Crippen molar-refractivity contribution in [3.8, 4) is 5.75 Å². The Balaban J connectivity index is 2.25. The largest absolute Gasteiger partial charge is 0.573 e. The highest BCUT2D eigenvalue weighted by molar-refractivity contribution is 5.77. The van der Waals surface area contributed by atoms with Crippen LogP contribution < -0.4 is 4.74 Å². The van der Waals surface area contributed by atoms with Crippen molar-refractivity contribution in [1.29, 1.82) is 0 Å². The number of hydrogen-bond donors (Lipinski definition) is 1. The van der Waals surface area contributed by atoms with E-state index in [1.165, 1.54) is 12.1 Å². The Morgan fingerprint density at radius 2 is 2.00 bits per heavy atom. The Labute approximate surface area is 138 Å². The number of alkyl halides is 3. The maximum absolute atomic E-state index is 12.3. The van der Waals surface area contributed by atoms with Crippen molar-refractivity contribution in [2.45, 2.75) is 38.6 Å². The van der Waals surface area contributed by atoms with Gasteiger partial charge in [0.2, 0.25) is 0 Å². The fraction of sp³-hybridized carbons (Fsp3) is 0.562. The van der Waals surface area contributed by atoms with Crippen LogP contribution in [-0.2, 0) is 17.7 Å². The van der Waals surface area contributed by atoms with Crippen molar-refractivity contribution in [2.24, 2.45) is 0 Å². The molecule has 0 atom stereocenters. The van der Waals surface area contributed by atoms with Gasteiger partial charge in [0.1, 0.15) is 11.6 Å². The first-order valence-corrected chi connectivity index (χ1v) is 7.79. The van der Waals surface area contributed by atoms with E-state index in [-0.39, 0.29) is 12.4 Å². The van der Waals surface area contributed by atoms with Gasteiger partial charge in [0, 0.05) is 32.7 Å². The minimum atomic E-state index is -4.72. The van der Waals surface area contributed by atoms with E-state index in [1.54, 1.807) is 13.2 Å². The van der Waals surface area contributed by atoms with Crippen LogP contribution in [-0.4, -0.2) is 41.3 Å². The average Bonchev–Trinajstić information content (AvgIpc) is 2.84. The number of aliphatic hydroxyl groups excluding tert-OH is 1. The summed E-state index contributed by atoms with van der Waals surface area (Å²) in [5, 5.41) is 8.83. The molecule has 1 N–H and O–H groups in total. The van der Waals surface area contributed by atoms with E-state index in [1.807, 2.05) is 4.57 Å². The zero-order valence-corrected chi connectivity index (χ0v) is 13.5. The summed E-state index contributed by atoms with van der Waals surface area (Å²) >= 11 is 0. The zero-order valence-electron chi connectivity index (χ0n) is 13.5. The number of benzene rings is 1. The molecule has 0 spiro atoms. The summed E-state index contributed by atoms with van der Waals surface area (Å²) in [4.78, 5) is 4.45. The second-order valence-electron chi connectivity index (χ2n) is 5.41. The Bertz CT molecular complexity index is 656. The number of rotatable bonds is 9. The van der Waals surface area contributed by atoms with E-state index >= 15 is 0 Å². The van der Waals surface area contributed by atoms with E-state index in [0.29, 0.717) is 25.1 Å². The van der Waals surface area contributed by atoms with Gasteiger partial charge < -0.3 is 19.1 Å². The summed E-state index contributed by atoms with van der Waals surface area (Å²) in [6.07, 6.45) is -1.59. The molecule has 0 bridgehead atoms. The summed E-state index contributed by atoms with van der Waals surface area (Å²) in [7, 11) is 1.59. The number of aromatic nitrogens is 2. The number of imidazole rings is 1. The fourth-order valence-electron chi connectivity index (χ4n) is 2.55. The van der Waals surface area contributed by atoms with Gasteiger partial charge in [-0.15, -0.1) is 13.2 Å². The number of unbranched alkanes of at least 4 members (excludes halogenated alkanes) is 2. The topological polar surface area (TPSA) is 56.5 Å². The molecule has 24 heavy (non-hydrogen) atoms. The molecule has 2 aromatic rings. The fourth-order valence-corrected chi connectivity index (χ4v) is 2.55. The third-order valence-electron chi connectivity index (χ3n) is 3.61. The summed E-state index contributed by atoms with van der Waals surface area (Å²) in [5.74, 6) is 0.516. The van der Waals surface area contributed by atoms with Crippen LogP contribution in [0.3, 0.4) is 0 Å².